The van der Waals surface area contributed by atoms with Crippen molar-refractivity contribution < 1.29 is 17.9 Å². The van der Waals surface area contributed by atoms with Crippen molar-refractivity contribution in [2.75, 3.05) is 13.2 Å². The fourth-order valence-electron chi connectivity index (χ4n) is 1.64. The van der Waals surface area contributed by atoms with E-state index in [9.17, 15) is 8.42 Å². The molecule has 0 saturated heterocycles. The second kappa shape index (κ2) is 5.19. The summed E-state index contributed by atoms with van der Waals surface area (Å²) in [6, 6.07) is 4.44. The highest BCUT2D eigenvalue weighted by molar-refractivity contribution is 7.89. The van der Waals surface area contributed by atoms with Crippen LogP contribution in [0, 0.1) is 0 Å². The first-order valence-corrected chi connectivity index (χ1v) is 7.85. The van der Waals surface area contributed by atoms with E-state index in [4.69, 9.17) is 27.4 Å². The molecule has 0 aliphatic carbocycles. The number of hydrogen-bond acceptors (Lipinski definition) is 5. The summed E-state index contributed by atoms with van der Waals surface area (Å²) in [6.07, 6.45) is 0. The summed E-state index contributed by atoms with van der Waals surface area (Å²) >= 11 is 4.85. The van der Waals surface area contributed by atoms with E-state index < -0.39 is 15.6 Å². The molecule has 2 rings (SSSR count). The topological polar surface area (TPSA) is 90.7 Å². The minimum atomic E-state index is -3.75. The molecule has 0 unspecified atom stereocenters. The van der Waals surface area contributed by atoms with Crippen molar-refractivity contribution in [3.05, 3.63) is 18.2 Å². The first-order chi connectivity index (χ1) is 9.22. The summed E-state index contributed by atoms with van der Waals surface area (Å²) in [5.74, 6) is 0.941. The molecule has 3 N–H and O–H groups in total. The molecule has 20 heavy (non-hydrogen) atoms. The van der Waals surface area contributed by atoms with Crippen molar-refractivity contribution >= 4 is 27.2 Å². The molecule has 1 aliphatic rings. The Hall–Kier alpha value is -1.38. The second-order valence-corrected chi connectivity index (χ2v) is 7.02. The van der Waals surface area contributed by atoms with Gasteiger partial charge in [0.2, 0.25) is 10.0 Å². The Morgan fingerprint density at radius 3 is 2.50 bits per heavy atom. The van der Waals surface area contributed by atoms with Gasteiger partial charge in [-0.25, -0.2) is 8.42 Å². The van der Waals surface area contributed by atoms with Gasteiger partial charge in [0.25, 0.3) is 0 Å². The van der Waals surface area contributed by atoms with Crippen molar-refractivity contribution in [1.82, 2.24) is 4.72 Å². The summed E-state index contributed by atoms with van der Waals surface area (Å²) in [5, 5.41) is 0. The van der Waals surface area contributed by atoms with Crippen LogP contribution in [0.15, 0.2) is 23.1 Å². The van der Waals surface area contributed by atoms with Gasteiger partial charge in [0.05, 0.1) is 15.4 Å². The highest BCUT2D eigenvalue weighted by atomic mass is 32.2. The lowest BCUT2D eigenvalue weighted by atomic mass is 10.1. The van der Waals surface area contributed by atoms with Crippen LogP contribution in [0.4, 0.5) is 0 Å². The molecule has 6 nitrogen and oxygen atoms in total. The summed E-state index contributed by atoms with van der Waals surface area (Å²) in [7, 11) is -3.75. The summed E-state index contributed by atoms with van der Waals surface area (Å²) in [6.45, 7) is 4.05. The van der Waals surface area contributed by atoms with Gasteiger partial charge in [-0.3, -0.25) is 0 Å². The number of ether oxygens (including phenoxy) is 2. The predicted octanol–water partition coefficient (Wildman–Crippen LogP) is 0.801. The standard InChI is InChI=1S/C12H16N2O4S2/c1-12(2,11(13)19)14-20(15,16)8-3-4-9-10(7-8)18-6-5-17-9/h3-4,7,14H,5-6H2,1-2H3,(H2,13,19). The number of rotatable bonds is 4. The minimum Gasteiger partial charge on any atom is -0.486 e. The maximum atomic E-state index is 12.3. The maximum absolute atomic E-state index is 12.3. The fraction of sp³-hybridized carbons (Fsp3) is 0.417. The zero-order valence-electron chi connectivity index (χ0n) is 11.2. The van der Waals surface area contributed by atoms with Crippen molar-refractivity contribution in [1.29, 1.82) is 0 Å². The number of benzene rings is 1. The first kappa shape index (κ1) is 15.0. The molecule has 0 fully saturated rings. The van der Waals surface area contributed by atoms with Crippen LogP contribution >= 0.6 is 12.2 Å². The average molecular weight is 316 g/mol. The summed E-state index contributed by atoms with van der Waals surface area (Å²) in [5.41, 5.74) is 4.51. The average Bonchev–Trinajstić information content (AvgIpc) is 2.36. The molecule has 0 aromatic heterocycles. The fourth-order valence-corrected chi connectivity index (χ4v) is 3.16. The highest BCUT2D eigenvalue weighted by Crippen LogP contribution is 2.32. The molecule has 0 bridgehead atoms. The Morgan fingerprint density at radius 1 is 1.30 bits per heavy atom. The quantitative estimate of drug-likeness (QED) is 0.799. The van der Waals surface area contributed by atoms with E-state index in [1.165, 1.54) is 12.1 Å². The van der Waals surface area contributed by atoms with Crippen LogP contribution in [0.5, 0.6) is 11.5 Å². The molecule has 1 aromatic carbocycles. The van der Waals surface area contributed by atoms with Gasteiger partial charge in [-0.15, -0.1) is 0 Å². The van der Waals surface area contributed by atoms with Gasteiger partial charge in [0.15, 0.2) is 11.5 Å². The smallest absolute Gasteiger partial charge is 0.241 e. The molecule has 0 amide bonds. The van der Waals surface area contributed by atoms with Gasteiger partial charge in [0.1, 0.15) is 13.2 Å². The summed E-state index contributed by atoms with van der Waals surface area (Å²) < 4.78 is 37.8. The maximum Gasteiger partial charge on any atom is 0.241 e. The molecule has 0 radical (unpaired) electrons. The van der Waals surface area contributed by atoms with Crippen molar-refractivity contribution in [3.63, 3.8) is 0 Å². The number of sulfonamides is 1. The molecule has 8 heteroatoms. The molecule has 1 heterocycles. The lowest BCUT2D eigenvalue weighted by molar-refractivity contribution is 0.171. The minimum absolute atomic E-state index is 0.0682. The Kier molecular flexibility index (Phi) is 3.90. The summed E-state index contributed by atoms with van der Waals surface area (Å²) in [4.78, 5) is 0.143. The Balaban J connectivity index is 2.33. The van der Waals surface area contributed by atoms with Crippen LogP contribution in [-0.4, -0.2) is 32.2 Å². The third-order valence-corrected chi connectivity index (χ3v) is 4.99. The number of nitrogens with two attached hydrogens (primary N) is 1. The Morgan fingerprint density at radius 2 is 1.90 bits per heavy atom. The monoisotopic (exact) mass is 316 g/mol. The largest absolute Gasteiger partial charge is 0.486 e. The molecular formula is C12H16N2O4S2. The van der Waals surface area contributed by atoms with E-state index in [0.29, 0.717) is 24.7 Å². The van der Waals surface area contributed by atoms with Gasteiger partial charge in [0, 0.05) is 6.07 Å². The lowest BCUT2D eigenvalue weighted by Crippen LogP contribution is -2.51. The third-order valence-electron chi connectivity index (χ3n) is 2.83. The van der Waals surface area contributed by atoms with Crippen LogP contribution in [0.1, 0.15) is 13.8 Å². The van der Waals surface area contributed by atoms with Crippen LogP contribution in [-0.2, 0) is 10.0 Å². The molecule has 1 aromatic rings. The number of thiocarbonyl (C=S) groups is 1. The van der Waals surface area contributed by atoms with Crippen molar-refractivity contribution in [2.24, 2.45) is 5.73 Å². The predicted molar refractivity (Wildman–Crippen MR) is 78.6 cm³/mol. The van der Waals surface area contributed by atoms with Gasteiger partial charge >= 0.3 is 0 Å². The van der Waals surface area contributed by atoms with Crippen LogP contribution in [0.3, 0.4) is 0 Å². The van der Waals surface area contributed by atoms with E-state index in [-0.39, 0.29) is 9.88 Å². The highest BCUT2D eigenvalue weighted by Gasteiger charge is 2.29. The molecule has 110 valence electrons. The number of fused-ring (bicyclic) bond motifs is 1. The molecule has 0 spiro atoms. The normalized spacial score (nSPS) is 14.9. The van der Waals surface area contributed by atoms with Crippen molar-refractivity contribution in [2.45, 2.75) is 24.3 Å². The van der Waals surface area contributed by atoms with Gasteiger partial charge in [-0.1, -0.05) is 12.2 Å². The number of hydrogen-bond donors (Lipinski definition) is 2. The zero-order chi connectivity index (χ0) is 15.0. The Labute approximate surface area is 123 Å². The van der Waals surface area contributed by atoms with Crippen LogP contribution in [0.25, 0.3) is 0 Å². The van der Waals surface area contributed by atoms with Crippen LogP contribution < -0.4 is 19.9 Å². The van der Waals surface area contributed by atoms with E-state index >= 15 is 0 Å². The molecular weight excluding hydrogens is 300 g/mol. The van der Waals surface area contributed by atoms with Gasteiger partial charge in [-0.05, 0) is 26.0 Å². The molecule has 1 aliphatic heterocycles. The second-order valence-electron chi connectivity index (χ2n) is 4.90. The molecule has 0 atom stereocenters. The van der Waals surface area contributed by atoms with Gasteiger partial charge in [-0.2, -0.15) is 4.72 Å². The Bertz CT molecular complexity index is 641. The van der Waals surface area contributed by atoms with Crippen LogP contribution in [0.2, 0.25) is 0 Å². The van der Waals surface area contributed by atoms with Crippen molar-refractivity contribution in [3.8, 4) is 11.5 Å². The molecule has 0 saturated carbocycles. The lowest BCUT2D eigenvalue weighted by Gasteiger charge is -2.25. The number of nitrogens with one attached hydrogen (secondary N) is 1. The SMILES string of the molecule is CC(C)(NS(=O)(=O)c1ccc2c(c1)OCCO2)C(N)=S. The third kappa shape index (κ3) is 3.02. The van der Waals surface area contributed by atoms with E-state index in [1.54, 1.807) is 19.9 Å². The zero-order valence-corrected chi connectivity index (χ0v) is 12.8. The van der Waals surface area contributed by atoms with E-state index in [1.807, 2.05) is 0 Å². The first-order valence-electron chi connectivity index (χ1n) is 5.96. The van der Waals surface area contributed by atoms with E-state index in [2.05, 4.69) is 4.72 Å². The van der Waals surface area contributed by atoms with E-state index in [0.717, 1.165) is 0 Å². The van der Waals surface area contributed by atoms with Gasteiger partial charge < -0.3 is 15.2 Å².